The van der Waals surface area contributed by atoms with Crippen LogP contribution in [0.5, 0.6) is 5.75 Å². The first-order valence-electron chi connectivity index (χ1n) is 6.72. The number of hydrogen-bond donors (Lipinski definition) is 1. The molecule has 0 atom stereocenters. The molecular formula is C15H19ClN4O. The molecule has 0 spiro atoms. The molecule has 0 fully saturated rings. The van der Waals surface area contributed by atoms with Gasteiger partial charge in [0.15, 0.2) is 0 Å². The summed E-state index contributed by atoms with van der Waals surface area (Å²) >= 11 is 0. The normalized spacial score (nSPS) is 12.5. The SMILES string of the molecule is COc1ccccc1N(C)c1nc(N)nc2c1CCC2.Cl. The molecule has 1 aliphatic carbocycles. The molecule has 0 amide bonds. The highest BCUT2D eigenvalue weighted by Gasteiger charge is 2.22. The summed E-state index contributed by atoms with van der Waals surface area (Å²) in [7, 11) is 3.66. The van der Waals surface area contributed by atoms with Gasteiger partial charge in [0.25, 0.3) is 0 Å². The largest absolute Gasteiger partial charge is 0.495 e. The Morgan fingerprint density at radius 1 is 1.19 bits per heavy atom. The predicted molar refractivity (Wildman–Crippen MR) is 86.8 cm³/mol. The topological polar surface area (TPSA) is 64.3 Å². The van der Waals surface area contributed by atoms with Crippen molar-refractivity contribution in [1.82, 2.24) is 9.97 Å². The minimum absolute atomic E-state index is 0. The third-order valence-corrected chi connectivity index (χ3v) is 3.69. The van der Waals surface area contributed by atoms with Gasteiger partial charge in [-0.15, -0.1) is 12.4 Å². The van der Waals surface area contributed by atoms with Gasteiger partial charge in [-0.05, 0) is 31.4 Å². The molecule has 1 aromatic carbocycles. The van der Waals surface area contributed by atoms with E-state index in [0.717, 1.165) is 42.2 Å². The van der Waals surface area contributed by atoms with Crippen molar-refractivity contribution in [3.8, 4) is 5.75 Å². The summed E-state index contributed by atoms with van der Waals surface area (Å²) < 4.78 is 5.42. The number of para-hydroxylation sites is 2. The van der Waals surface area contributed by atoms with Gasteiger partial charge in [0, 0.05) is 12.6 Å². The highest BCUT2D eigenvalue weighted by Crippen LogP contribution is 2.36. The number of rotatable bonds is 3. The second-order valence-electron chi connectivity index (χ2n) is 4.92. The van der Waals surface area contributed by atoms with Crippen LogP contribution in [0.1, 0.15) is 17.7 Å². The first-order chi connectivity index (χ1) is 9.70. The standard InChI is InChI=1S/C15H18N4O.ClH/c1-19(12-8-3-4-9-13(12)20-2)14-10-6-5-7-11(10)17-15(16)18-14;/h3-4,8-9H,5-7H2,1-2H3,(H2,16,17,18);1H. The highest BCUT2D eigenvalue weighted by atomic mass is 35.5. The van der Waals surface area contributed by atoms with E-state index in [0.29, 0.717) is 5.95 Å². The van der Waals surface area contributed by atoms with E-state index in [2.05, 4.69) is 9.97 Å². The van der Waals surface area contributed by atoms with Crippen LogP contribution in [0.3, 0.4) is 0 Å². The fraction of sp³-hybridized carbons (Fsp3) is 0.333. The number of methoxy groups -OCH3 is 1. The Balaban J connectivity index is 0.00000161. The van der Waals surface area contributed by atoms with Crippen LogP contribution in [0.2, 0.25) is 0 Å². The summed E-state index contributed by atoms with van der Waals surface area (Å²) in [6.07, 6.45) is 3.10. The van der Waals surface area contributed by atoms with Gasteiger partial charge in [0.05, 0.1) is 18.5 Å². The van der Waals surface area contributed by atoms with Gasteiger partial charge < -0.3 is 15.4 Å². The monoisotopic (exact) mass is 306 g/mol. The number of hydrogen-bond acceptors (Lipinski definition) is 5. The van der Waals surface area contributed by atoms with Crippen LogP contribution in [0.15, 0.2) is 24.3 Å². The molecule has 1 aromatic heterocycles. The molecule has 0 saturated carbocycles. The quantitative estimate of drug-likeness (QED) is 0.944. The van der Waals surface area contributed by atoms with Crippen LogP contribution in [0.25, 0.3) is 0 Å². The maximum Gasteiger partial charge on any atom is 0.222 e. The maximum atomic E-state index is 5.84. The van der Waals surface area contributed by atoms with Crippen molar-refractivity contribution in [2.45, 2.75) is 19.3 Å². The Hall–Kier alpha value is -2.01. The maximum absolute atomic E-state index is 5.84. The molecule has 1 aliphatic rings. The van der Waals surface area contributed by atoms with Gasteiger partial charge in [-0.3, -0.25) is 0 Å². The number of aryl methyl sites for hydroxylation is 1. The Morgan fingerprint density at radius 2 is 1.95 bits per heavy atom. The lowest BCUT2D eigenvalue weighted by molar-refractivity contribution is 0.415. The Kier molecular flexibility index (Phi) is 4.53. The number of aromatic nitrogens is 2. The summed E-state index contributed by atoms with van der Waals surface area (Å²) in [5.41, 5.74) is 9.09. The van der Waals surface area contributed by atoms with Crippen molar-refractivity contribution in [1.29, 1.82) is 0 Å². The molecule has 1 heterocycles. The molecule has 21 heavy (non-hydrogen) atoms. The summed E-state index contributed by atoms with van der Waals surface area (Å²) in [5, 5.41) is 0. The van der Waals surface area contributed by atoms with Crippen LogP contribution < -0.4 is 15.4 Å². The van der Waals surface area contributed by atoms with Crippen molar-refractivity contribution < 1.29 is 4.74 Å². The Morgan fingerprint density at radius 3 is 2.71 bits per heavy atom. The number of halogens is 1. The number of ether oxygens (including phenoxy) is 1. The highest BCUT2D eigenvalue weighted by molar-refractivity contribution is 5.85. The van der Waals surface area contributed by atoms with Crippen LogP contribution in [0, 0.1) is 0 Å². The third kappa shape index (κ3) is 2.74. The van der Waals surface area contributed by atoms with Gasteiger partial charge in [0.1, 0.15) is 11.6 Å². The van der Waals surface area contributed by atoms with E-state index in [1.807, 2.05) is 36.2 Å². The first-order valence-corrected chi connectivity index (χ1v) is 6.72. The number of anilines is 3. The fourth-order valence-corrected chi connectivity index (χ4v) is 2.73. The number of benzene rings is 1. The van der Waals surface area contributed by atoms with Crippen molar-refractivity contribution in [3.05, 3.63) is 35.5 Å². The van der Waals surface area contributed by atoms with Crippen LogP contribution >= 0.6 is 12.4 Å². The summed E-state index contributed by atoms with van der Waals surface area (Å²) in [6.45, 7) is 0. The Labute approximate surface area is 130 Å². The van der Waals surface area contributed by atoms with Gasteiger partial charge in [-0.1, -0.05) is 12.1 Å². The molecule has 0 unspecified atom stereocenters. The molecule has 0 radical (unpaired) electrons. The van der Waals surface area contributed by atoms with E-state index in [-0.39, 0.29) is 12.4 Å². The first kappa shape index (κ1) is 15.4. The minimum atomic E-state index is 0. The molecule has 0 aliphatic heterocycles. The zero-order chi connectivity index (χ0) is 14.1. The van der Waals surface area contributed by atoms with Crippen LogP contribution in [-0.4, -0.2) is 24.1 Å². The van der Waals surface area contributed by atoms with E-state index < -0.39 is 0 Å². The lowest BCUT2D eigenvalue weighted by atomic mass is 10.2. The van der Waals surface area contributed by atoms with E-state index in [9.17, 15) is 0 Å². The molecular weight excluding hydrogens is 288 g/mol. The average Bonchev–Trinajstić information content (AvgIpc) is 2.93. The Bertz CT molecular complexity index is 648. The number of nitrogen functional groups attached to an aromatic ring is 1. The smallest absolute Gasteiger partial charge is 0.222 e. The van der Waals surface area contributed by atoms with Gasteiger partial charge in [-0.2, -0.15) is 4.98 Å². The zero-order valence-corrected chi connectivity index (χ0v) is 13.0. The van der Waals surface area contributed by atoms with Crippen LogP contribution in [-0.2, 0) is 12.8 Å². The molecule has 3 rings (SSSR count). The third-order valence-electron chi connectivity index (χ3n) is 3.69. The van der Waals surface area contributed by atoms with Crippen molar-refractivity contribution >= 4 is 29.9 Å². The van der Waals surface area contributed by atoms with E-state index in [1.54, 1.807) is 7.11 Å². The molecule has 2 aromatic rings. The second-order valence-corrected chi connectivity index (χ2v) is 4.92. The molecule has 0 saturated heterocycles. The lowest BCUT2D eigenvalue weighted by Gasteiger charge is -2.23. The second kappa shape index (κ2) is 6.18. The van der Waals surface area contributed by atoms with Gasteiger partial charge >= 0.3 is 0 Å². The molecule has 2 N–H and O–H groups in total. The predicted octanol–water partition coefficient (Wildman–Crippen LogP) is 2.75. The average molecular weight is 307 g/mol. The fourth-order valence-electron chi connectivity index (χ4n) is 2.73. The zero-order valence-electron chi connectivity index (χ0n) is 12.2. The van der Waals surface area contributed by atoms with Gasteiger partial charge in [0.2, 0.25) is 5.95 Å². The van der Waals surface area contributed by atoms with Crippen molar-refractivity contribution in [2.24, 2.45) is 0 Å². The number of nitrogens with two attached hydrogens (primary N) is 1. The minimum Gasteiger partial charge on any atom is -0.495 e. The van der Waals surface area contributed by atoms with Gasteiger partial charge in [-0.25, -0.2) is 4.98 Å². The summed E-state index contributed by atoms with van der Waals surface area (Å²) in [5.74, 6) is 2.04. The lowest BCUT2D eigenvalue weighted by Crippen LogP contribution is -2.16. The summed E-state index contributed by atoms with van der Waals surface area (Å²) in [6, 6.07) is 7.89. The number of nitrogens with zero attached hydrogens (tertiary/aromatic N) is 3. The molecule has 6 heteroatoms. The molecule has 5 nitrogen and oxygen atoms in total. The molecule has 0 bridgehead atoms. The molecule has 112 valence electrons. The van der Waals surface area contributed by atoms with Crippen molar-refractivity contribution in [2.75, 3.05) is 24.8 Å². The van der Waals surface area contributed by atoms with E-state index >= 15 is 0 Å². The van der Waals surface area contributed by atoms with Crippen molar-refractivity contribution in [3.63, 3.8) is 0 Å². The van der Waals surface area contributed by atoms with Crippen LogP contribution in [0.4, 0.5) is 17.5 Å². The van der Waals surface area contributed by atoms with E-state index in [1.165, 1.54) is 5.56 Å². The summed E-state index contributed by atoms with van der Waals surface area (Å²) in [4.78, 5) is 10.8. The number of fused-ring (bicyclic) bond motifs is 1. The van der Waals surface area contributed by atoms with E-state index in [4.69, 9.17) is 10.5 Å².